The summed E-state index contributed by atoms with van der Waals surface area (Å²) in [6.45, 7) is 6.19. The molecule has 0 radical (unpaired) electrons. The minimum atomic E-state index is -0.0798. The summed E-state index contributed by atoms with van der Waals surface area (Å²) in [5.41, 5.74) is 6.32. The molecular weight excluding hydrogens is 204 g/mol. The molecule has 0 aromatic carbocycles. The van der Waals surface area contributed by atoms with E-state index in [9.17, 15) is 0 Å². The highest BCUT2D eigenvalue weighted by Crippen LogP contribution is 2.22. The monoisotopic (exact) mass is 220 g/mol. The zero-order valence-electron chi connectivity index (χ0n) is 9.94. The molecule has 6 nitrogen and oxygen atoms in total. The summed E-state index contributed by atoms with van der Waals surface area (Å²) in [5.74, 6) is 0.978. The normalized spacial score (nSPS) is 12.0. The molecule has 2 aromatic rings. The second-order valence-electron chi connectivity index (χ2n) is 4.81. The van der Waals surface area contributed by atoms with Crippen molar-refractivity contribution in [1.82, 2.24) is 19.7 Å². The van der Waals surface area contributed by atoms with E-state index in [1.807, 2.05) is 7.05 Å². The van der Waals surface area contributed by atoms with Gasteiger partial charge in [0.1, 0.15) is 5.82 Å². The fourth-order valence-electron chi connectivity index (χ4n) is 1.49. The standard InChI is InChI=1S/C10H16N6/c1-10(2,3)15-7-6-5-12-16(4)8(6)14-9(11)13-7/h5H,1-4H3,(H3,11,13,14,15). The Bertz CT molecular complexity index is 522. The predicted octanol–water partition coefficient (Wildman–Crippen LogP) is 1.16. The third-order valence-corrected chi connectivity index (χ3v) is 2.10. The van der Waals surface area contributed by atoms with E-state index in [-0.39, 0.29) is 11.5 Å². The van der Waals surface area contributed by atoms with Gasteiger partial charge in [0.2, 0.25) is 5.95 Å². The number of hydrogen-bond acceptors (Lipinski definition) is 5. The number of nitrogen functional groups attached to an aromatic ring is 1. The van der Waals surface area contributed by atoms with Crippen LogP contribution in [0.25, 0.3) is 11.0 Å². The van der Waals surface area contributed by atoms with Crippen LogP contribution in [0.2, 0.25) is 0 Å². The van der Waals surface area contributed by atoms with Gasteiger partial charge in [-0.2, -0.15) is 15.1 Å². The van der Waals surface area contributed by atoms with Crippen molar-refractivity contribution in [3.05, 3.63) is 6.20 Å². The first-order chi connectivity index (χ1) is 7.37. The van der Waals surface area contributed by atoms with E-state index in [2.05, 4.69) is 41.2 Å². The van der Waals surface area contributed by atoms with Gasteiger partial charge >= 0.3 is 0 Å². The van der Waals surface area contributed by atoms with Gasteiger partial charge < -0.3 is 11.1 Å². The number of rotatable bonds is 1. The predicted molar refractivity (Wildman–Crippen MR) is 64.1 cm³/mol. The van der Waals surface area contributed by atoms with Crippen molar-refractivity contribution < 1.29 is 0 Å². The van der Waals surface area contributed by atoms with Gasteiger partial charge in [-0.3, -0.25) is 4.68 Å². The van der Waals surface area contributed by atoms with Gasteiger partial charge in [0.25, 0.3) is 0 Å². The second kappa shape index (κ2) is 3.33. The first kappa shape index (κ1) is 10.7. The number of aryl methyl sites for hydroxylation is 1. The van der Waals surface area contributed by atoms with Crippen LogP contribution in [0.5, 0.6) is 0 Å². The summed E-state index contributed by atoms with van der Waals surface area (Å²) in [5, 5.41) is 8.32. The number of hydrogen-bond donors (Lipinski definition) is 2. The molecule has 6 heteroatoms. The second-order valence-corrected chi connectivity index (χ2v) is 4.81. The first-order valence-electron chi connectivity index (χ1n) is 5.10. The quantitative estimate of drug-likeness (QED) is 0.753. The van der Waals surface area contributed by atoms with Crippen molar-refractivity contribution in [2.24, 2.45) is 7.05 Å². The van der Waals surface area contributed by atoms with E-state index in [1.165, 1.54) is 0 Å². The van der Waals surface area contributed by atoms with E-state index >= 15 is 0 Å². The molecule has 0 spiro atoms. The van der Waals surface area contributed by atoms with Gasteiger partial charge in [0.15, 0.2) is 5.65 Å². The Labute approximate surface area is 93.9 Å². The van der Waals surface area contributed by atoms with Crippen LogP contribution < -0.4 is 11.1 Å². The van der Waals surface area contributed by atoms with E-state index in [1.54, 1.807) is 10.9 Å². The third kappa shape index (κ3) is 1.91. The van der Waals surface area contributed by atoms with Crippen molar-refractivity contribution in [3.63, 3.8) is 0 Å². The Kier molecular flexibility index (Phi) is 2.22. The molecule has 0 unspecified atom stereocenters. The van der Waals surface area contributed by atoms with Crippen LogP contribution in [0.3, 0.4) is 0 Å². The lowest BCUT2D eigenvalue weighted by atomic mass is 10.1. The lowest BCUT2D eigenvalue weighted by molar-refractivity contribution is 0.631. The molecule has 0 aliphatic heterocycles. The number of nitrogens with zero attached hydrogens (tertiary/aromatic N) is 4. The van der Waals surface area contributed by atoms with Gasteiger partial charge in [-0.25, -0.2) is 0 Å². The van der Waals surface area contributed by atoms with Crippen LogP contribution in [0.1, 0.15) is 20.8 Å². The van der Waals surface area contributed by atoms with Crippen LogP contribution in [-0.2, 0) is 7.05 Å². The van der Waals surface area contributed by atoms with Crippen LogP contribution in [0, 0.1) is 0 Å². The van der Waals surface area contributed by atoms with Crippen molar-refractivity contribution >= 4 is 22.8 Å². The molecule has 0 amide bonds. The smallest absolute Gasteiger partial charge is 0.224 e. The minimum absolute atomic E-state index is 0.0798. The minimum Gasteiger partial charge on any atom is -0.368 e. The molecule has 0 atom stereocenters. The van der Waals surface area contributed by atoms with E-state index in [4.69, 9.17) is 5.73 Å². The summed E-state index contributed by atoms with van der Waals surface area (Å²) >= 11 is 0. The van der Waals surface area contributed by atoms with Gasteiger partial charge in [0, 0.05) is 12.6 Å². The van der Waals surface area contributed by atoms with Crippen LogP contribution in [0.15, 0.2) is 6.20 Å². The number of anilines is 2. The van der Waals surface area contributed by atoms with Gasteiger partial charge in [-0.05, 0) is 20.8 Å². The summed E-state index contributed by atoms with van der Waals surface area (Å²) < 4.78 is 1.68. The van der Waals surface area contributed by atoms with Crippen molar-refractivity contribution in [2.45, 2.75) is 26.3 Å². The van der Waals surface area contributed by atoms with Gasteiger partial charge in [-0.1, -0.05) is 0 Å². The van der Waals surface area contributed by atoms with E-state index < -0.39 is 0 Å². The molecule has 16 heavy (non-hydrogen) atoms. The number of fused-ring (bicyclic) bond motifs is 1. The van der Waals surface area contributed by atoms with Gasteiger partial charge in [-0.15, -0.1) is 0 Å². The molecular formula is C10H16N6. The average Bonchev–Trinajstić information content (AvgIpc) is 2.45. The first-order valence-corrected chi connectivity index (χ1v) is 5.10. The topological polar surface area (TPSA) is 81.7 Å². The molecule has 0 aliphatic carbocycles. The molecule has 2 rings (SSSR count). The molecule has 0 bridgehead atoms. The number of nitrogens with two attached hydrogens (primary N) is 1. The maximum Gasteiger partial charge on any atom is 0.224 e. The zero-order valence-corrected chi connectivity index (χ0v) is 9.94. The molecule has 3 N–H and O–H groups in total. The van der Waals surface area contributed by atoms with Crippen LogP contribution in [-0.4, -0.2) is 25.3 Å². The number of nitrogens with one attached hydrogen (secondary N) is 1. The average molecular weight is 220 g/mol. The van der Waals surface area contributed by atoms with Crippen molar-refractivity contribution in [1.29, 1.82) is 0 Å². The van der Waals surface area contributed by atoms with Crippen LogP contribution >= 0.6 is 0 Å². The zero-order chi connectivity index (χ0) is 11.9. The molecule has 2 heterocycles. The summed E-state index contributed by atoms with van der Waals surface area (Å²) in [6.07, 6.45) is 1.74. The SMILES string of the molecule is Cn1ncc2c(NC(C)(C)C)nc(N)nc21. The highest BCUT2D eigenvalue weighted by Gasteiger charge is 2.15. The summed E-state index contributed by atoms with van der Waals surface area (Å²) in [4.78, 5) is 8.36. The van der Waals surface area contributed by atoms with E-state index in [0.29, 0.717) is 0 Å². The fourth-order valence-corrected chi connectivity index (χ4v) is 1.49. The van der Waals surface area contributed by atoms with Gasteiger partial charge in [0.05, 0.1) is 11.6 Å². The Balaban J connectivity index is 2.60. The Hall–Kier alpha value is -1.85. The number of aromatic nitrogens is 4. The molecule has 0 fully saturated rings. The molecule has 0 aliphatic rings. The van der Waals surface area contributed by atoms with Crippen LogP contribution in [0.4, 0.5) is 11.8 Å². The Morgan fingerprint density at radius 3 is 2.62 bits per heavy atom. The fraction of sp³-hybridized carbons (Fsp3) is 0.500. The lowest BCUT2D eigenvalue weighted by Crippen LogP contribution is -2.27. The third-order valence-electron chi connectivity index (χ3n) is 2.10. The van der Waals surface area contributed by atoms with Crippen molar-refractivity contribution in [2.75, 3.05) is 11.1 Å². The molecule has 0 saturated heterocycles. The highest BCUT2D eigenvalue weighted by atomic mass is 15.3. The maximum absolute atomic E-state index is 5.67. The van der Waals surface area contributed by atoms with E-state index in [0.717, 1.165) is 16.9 Å². The molecule has 86 valence electrons. The highest BCUT2D eigenvalue weighted by molar-refractivity contribution is 5.87. The largest absolute Gasteiger partial charge is 0.368 e. The van der Waals surface area contributed by atoms with Crippen molar-refractivity contribution in [3.8, 4) is 0 Å². The Morgan fingerprint density at radius 1 is 1.31 bits per heavy atom. The maximum atomic E-state index is 5.67. The molecule has 0 saturated carbocycles. The summed E-state index contributed by atoms with van der Waals surface area (Å²) in [6, 6.07) is 0. The Morgan fingerprint density at radius 2 is 2.00 bits per heavy atom. The molecule has 2 aromatic heterocycles. The summed E-state index contributed by atoms with van der Waals surface area (Å²) in [7, 11) is 1.83. The lowest BCUT2D eigenvalue weighted by Gasteiger charge is -2.21.